The molecule has 4 N–H and O–H groups in total. The molecule has 0 aliphatic rings. The number of nitrogens with one attached hydrogen (secondary N) is 1. The molecule has 2 aromatic carbocycles. The number of carbonyl (C=O) groups is 2. The lowest BCUT2D eigenvalue weighted by molar-refractivity contribution is -0.147. The van der Waals surface area contributed by atoms with Crippen molar-refractivity contribution in [3.8, 4) is 0 Å². The van der Waals surface area contributed by atoms with E-state index in [2.05, 4.69) is 5.32 Å². The second-order valence-corrected chi connectivity index (χ2v) is 6.03. The fourth-order valence-electron chi connectivity index (χ4n) is 2.45. The Kier molecular flexibility index (Phi) is 7.79. The first-order valence-corrected chi connectivity index (χ1v) is 8.52. The first-order chi connectivity index (χ1) is 12.6. The molecule has 0 bridgehead atoms. The van der Waals surface area contributed by atoms with Crippen molar-refractivity contribution < 1.29 is 19.4 Å². The number of nitrogens with two attached hydrogens (primary N) is 1. The molecular formula is C20H24N2O4. The van der Waals surface area contributed by atoms with Crippen LogP contribution in [0, 0.1) is 0 Å². The van der Waals surface area contributed by atoms with Crippen molar-refractivity contribution in [3.63, 3.8) is 0 Å². The summed E-state index contributed by atoms with van der Waals surface area (Å²) in [4.78, 5) is 23.4. The van der Waals surface area contributed by atoms with Crippen molar-refractivity contribution in [2.75, 3.05) is 0 Å². The van der Waals surface area contributed by atoms with Gasteiger partial charge in [-0.05, 0) is 24.0 Å². The minimum Gasteiger partial charge on any atom is -0.480 e. The van der Waals surface area contributed by atoms with Gasteiger partial charge in [0.25, 0.3) is 0 Å². The van der Waals surface area contributed by atoms with Gasteiger partial charge in [-0.2, -0.15) is 0 Å². The third-order valence-corrected chi connectivity index (χ3v) is 3.99. The number of ether oxygens (including phenoxy) is 1. The topological polar surface area (TPSA) is 102 Å². The number of hydrogen-bond donors (Lipinski definition) is 3. The quantitative estimate of drug-likeness (QED) is 0.564. The van der Waals surface area contributed by atoms with Crippen LogP contribution in [0.1, 0.15) is 24.0 Å². The molecule has 0 saturated carbocycles. The van der Waals surface area contributed by atoms with E-state index in [1.807, 2.05) is 60.7 Å². The van der Waals surface area contributed by atoms with Gasteiger partial charge >= 0.3 is 11.9 Å². The van der Waals surface area contributed by atoms with Crippen LogP contribution in [0.15, 0.2) is 60.7 Å². The summed E-state index contributed by atoms with van der Waals surface area (Å²) in [6.07, 6.45) is 0.468. The normalized spacial score (nSPS) is 13.0. The molecule has 0 aliphatic carbocycles. The first-order valence-electron chi connectivity index (χ1n) is 8.52. The Morgan fingerprint density at radius 2 is 1.54 bits per heavy atom. The highest BCUT2D eigenvalue weighted by Crippen LogP contribution is 2.07. The van der Waals surface area contributed by atoms with Crippen LogP contribution in [-0.4, -0.2) is 29.1 Å². The van der Waals surface area contributed by atoms with Crippen molar-refractivity contribution in [2.45, 2.75) is 38.1 Å². The van der Waals surface area contributed by atoms with Crippen LogP contribution in [0.4, 0.5) is 0 Å². The average molecular weight is 356 g/mol. The van der Waals surface area contributed by atoms with Crippen LogP contribution in [0.25, 0.3) is 0 Å². The van der Waals surface area contributed by atoms with Crippen LogP contribution in [0.2, 0.25) is 0 Å². The fourth-order valence-corrected chi connectivity index (χ4v) is 2.45. The van der Waals surface area contributed by atoms with Crippen molar-refractivity contribution in [3.05, 3.63) is 71.8 Å². The highest BCUT2D eigenvalue weighted by Gasteiger charge is 2.21. The number of carbonyl (C=O) groups excluding carboxylic acids is 1. The second-order valence-electron chi connectivity index (χ2n) is 6.03. The minimum absolute atomic E-state index is 0.155. The second kappa shape index (κ2) is 10.3. The summed E-state index contributed by atoms with van der Waals surface area (Å²) in [7, 11) is 0. The van der Waals surface area contributed by atoms with E-state index in [1.165, 1.54) is 0 Å². The largest absolute Gasteiger partial charge is 0.480 e. The van der Waals surface area contributed by atoms with Crippen molar-refractivity contribution in [2.24, 2.45) is 5.73 Å². The van der Waals surface area contributed by atoms with Gasteiger partial charge in [-0.1, -0.05) is 60.7 Å². The lowest BCUT2D eigenvalue weighted by Crippen LogP contribution is -2.39. The van der Waals surface area contributed by atoms with Crippen molar-refractivity contribution in [1.82, 2.24) is 5.32 Å². The van der Waals surface area contributed by atoms with Gasteiger partial charge in [0.1, 0.15) is 18.7 Å². The SMILES string of the molecule is NC(CC[C@@H](NCc1ccccc1)C(=O)O)C(=O)OCc1ccccc1. The molecule has 2 atom stereocenters. The Morgan fingerprint density at radius 3 is 2.12 bits per heavy atom. The maximum Gasteiger partial charge on any atom is 0.323 e. The summed E-state index contributed by atoms with van der Waals surface area (Å²) < 4.78 is 5.18. The Hall–Kier alpha value is -2.70. The number of aliphatic carboxylic acids is 1. The Bertz CT molecular complexity index is 691. The standard InChI is InChI=1S/C20H24N2O4/c21-17(20(25)26-14-16-9-5-2-6-10-16)11-12-18(19(23)24)22-13-15-7-3-1-4-8-15/h1-10,17-18,22H,11-14,21H2,(H,23,24)/t17?,18-/m1/s1. The molecule has 0 heterocycles. The van der Waals surface area contributed by atoms with Gasteiger partial charge in [-0.25, -0.2) is 0 Å². The van der Waals surface area contributed by atoms with Crippen LogP contribution in [-0.2, 0) is 27.5 Å². The molecular weight excluding hydrogens is 332 g/mol. The zero-order valence-electron chi connectivity index (χ0n) is 14.5. The van der Waals surface area contributed by atoms with Gasteiger partial charge < -0.3 is 20.9 Å². The lowest BCUT2D eigenvalue weighted by Gasteiger charge is -2.17. The number of carboxylic acids is 1. The van der Waals surface area contributed by atoms with Gasteiger partial charge in [0.2, 0.25) is 0 Å². The predicted molar refractivity (Wildman–Crippen MR) is 98.2 cm³/mol. The average Bonchev–Trinajstić information content (AvgIpc) is 2.67. The van der Waals surface area contributed by atoms with Gasteiger partial charge in [0, 0.05) is 6.54 Å². The summed E-state index contributed by atoms with van der Waals surface area (Å²) in [5.41, 5.74) is 7.71. The minimum atomic E-state index is -0.967. The molecule has 138 valence electrons. The molecule has 0 spiro atoms. The summed E-state index contributed by atoms with van der Waals surface area (Å²) in [5, 5.41) is 12.3. The smallest absolute Gasteiger partial charge is 0.323 e. The first kappa shape index (κ1) is 19.6. The number of rotatable bonds is 10. The maximum absolute atomic E-state index is 12.0. The molecule has 0 fully saturated rings. The number of hydrogen-bond acceptors (Lipinski definition) is 5. The molecule has 1 unspecified atom stereocenters. The Morgan fingerprint density at radius 1 is 0.962 bits per heavy atom. The molecule has 0 radical (unpaired) electrons. The summed E-state index contributed by atoms with van der Waals surface area (Å²) in [5.74, 6) is -1.49. The summed E-state index contributed by atoms with van der Waals surface area (Å²) in [6, 6.07) is 17.2. The van der Waals surface area contributed by atoms with Gasteiger partial charge in [-0.3, -0.25) is 9.59 Å². The van der Waals surface area contributed by atoms with E-state index in [0.717, 1.165) is 11.1 Å². The van der Waals surface area contributed by atoms with E-state index in [1.54, 1.807) is 0 Å². The molecule has 2 aromatic rings. The van der Waals surface area contributed by atoms with Crippen LogP contribution in [0.5, 0.6) is 0 Å². The zero-order valence-corrected chi connectivity index (χ0v) is 14.5. The predicted octanol–water partition coefficient (Wildman–Crippen LogP) is 2.08. The highest BCUT2D eigenvalue weighted by molar-refractivity contribution is 5.76. The van der Waals surface area contributed by atoms with E-state index < -0.39 is 24.0 Å². The lowest BCUT2D eigenvalue weighted by atomic mass is 10.1. The van der Waals surface area contributed by atoms with E-state index in [0.29, 0.717) is 6.54 Å². The van der Waals surface area contributed by atoms with Gasteiger partial charge in [-0.15, -0.1) is 0 Å². The zero-order chi connectivity index (χ0) is 18.8. The van der Waals surface area contributed by atoms with E-state index in [4.69, 9.17) is 10.5 Å². The fraction of sp³-hybridized carbons (Fsp3) is 0.300. The molecule has 26 heavy (non-hydrogen) atoms. The summed E-state index contributed by atoms with van der Waals surface area (Å²) >= 11 is 0. The van der Waals surface area contributed by atoms with Crippen molar-refractivity contribution in [1.29, 1.82) is 0 Å². The van der Waals surface area contributed by atoms with Gasteiger partial charge in [0.15, 0.2) is 0 Å². The molecule has 0 saturated heterocycles. The van der Waals surface area contributed by atoms with E-state index in [-0.39, 0.29) is 19.4 Å². The maximum atomic E-state index is 12.0. The van der Waals surface area contributed by atoms with Crippen LogP contribution in [0.3, 0.4) is 0 Å². The molecule has 0 amide bonds. The third-order valence-electron chi connectivity index (χ3n) is 3.99. The molecule has 6 heteroatoms. The van der Waals surface area contributed by atoms with Gasteiger partial charge in [0.05, 0.1) is 0 Å². The Labute approximate surface area is 153 Å². The number of carboxylic acid groups (broad SMARTS) is 1. The molecule has 2 rings (SSSR count). The highest BCUT2D eigenvalue weighted by atomic mass is 16.5. The Balaban J connectivity index is 1.76. The van der Waals surface area contributed by atoms with E-state index in [9.17, 15) is 14.7 Å². The summed E-state index contributed by atoms with van der Waals surface area (Å²) in [6.45, 7) is 0.591. The van der Waals surface area contributed by atoms with Crippen LogP contribution < -0.4 is 11.1 Å². The number of esters is 1. The molecule has 6 nitrogen and oxygen atoms in total. The molecule has 0 aromatic heterocycles. The molecule has 0 aliphatic heterocycles. The van der Waals surface area contributed by atoms with Crippen molar-refractivity contribution >= 4 is 11.9 Å². The number of benzene rings is 2. The van der Waals surface area contributed by atoms with E-state index >= 15 is 0 Å². The third kappa shape index (κ3) is 6.66. The monoisotopic (exact) mass is 356 g/mol. The van der Waals surface area contributed by atoms with Crippen LogP contribution >= 0.6 is 0 Å².